The number of H-pyrrole nitrogens is 1. The first-order chi connectivity index (χ1) is 15.8. The maximum atomic E-state index is 8.36. The van der Waals surface area contributed by atoms with Gasteiger partial charge in [-0.1, -0.05) is 18.2 Å². The third kappa shape index (κ3) is 4.94. The number of nitrogens with one attached hydrogen (secondary N) is 1. The van der Waals surface area contributed by atoms with Crippen LogP contribution in [0.25, 0.3) is 22.3 Å². The second-order valence-electron chi connectivity index (χ2n) is 7.34. The molecule has 4 aromatic rings. The molecule has 9 heteroatoms. The topological polar surface area (TPSA) is 109 Å². The van der Waals surface area contributed by atoms with Crippen molar-refractivity contribution in [2.24, 2.45) is 0 Å². The van der Waals surface area contributed by atoms with Gasteiger partial charge in [-0.05, 0) is 18.6 Å². The van der Waals surface area contributed by atoms with Crippen molar-refractivity contribution in [2.75, 3.05) is 31.2 Å². The second kappa shape index (κ2) is 10.5. The number of carbonyl (C=O) groups is 1. The van der Waals surface area contributed by atoms with Crippen molar-refractivity contribution in [3.8, 4) is 11.4 Å². The zero-order valence-corrected chi connectivity index (χ0v) is 17.7. The number of anilines is 1. The fourth-order valence-corrected chi connectivity index (χ4v) is 3.87. The Labute approximate surface area is 185 Å². The largest absolute Gasteiger partial charge is 0.483 e. The number of ether oxygens (including phenoxy) is 1. The molecule has 0 saturated carbocycles. The normalized spacial score (nSPS) is 13.6. The number of para-hydroxylation sites is 1. The number of aryl methyl sites for hydroxylation is 2. The summed E-state index contributed by atoms with van der Waals surface area (Å²) < 4.78 is 7.77. The molecule has 0 unspecified atom stereocenters. The van der Waals surface area contributed by atoms with Crippen molar-refractivity contribution in [2.45, 2.75) is 19.4 Å². The average molecular weight is 435 g/mol. The van der Waals surface area contributed by atoms with Gasteiger partial charge >= 0.3 is 0 Å². The summed E-state index contributed by atoms with van der Waals surface area (Å²) in [5, 5.41) is 8.02. The number of nitrogens with zero attached hydrogens (tertiary/aromatic N) is 5. The Morgan fingerprint density at radius 1 is 1.16 bits per heavy atom. The minimum atomic E-state index is -0.250. The predicted octanol–water partition coefficient (Wildman–Crippen LogP) is 2.99. The van der Waals surface area contributed by atoms with Crippen LogP contribution in [0.2, 0.25) is 0 Å². The van der Waals surface area contributed by atoms with Gasteiger partial charge in [-0.15, -0.1) is 0 Å². The number of hydrogen-bond donors (Lipinski definition) is 2. The highest BCUT2D eigenvalue weighted by atomic mass is 16.5. The first-order valence-electron chi connectivity index (χ1n) is 10.6. The van der Waals surface area contributed by atoms with Crippen LogP contribution in [-0.2, 0) is 22.5 Å². The fraction of sp³-hybridized carbons (Fsp3) is 0.304. The van der Waals surface area contributed by atoms with Crippen LogP contribution in [0, 0.1) is 0 Å². The van der Waals surface area contributed by atoms with E-state index in [9.17, 15) is 0 Å². The Balaban J connectivity index is 0.000000775. The van der Waals surface area contributed by atoms with E-state index in [1.54, 1.807) is 6.20 Å². The molecule has 0 atom stereocenters. The summed E-state index contributed by atoms with van der Waals surface area (Å²) in [6.07, 6.45) is 9.50. The third-order valence-corrected chi connectivity index (χ3v) is 5.34. The zero-order chi connectivity index (χ0) is 22.2. The van der Waals surface area contributed by atoms with Crippen LogP contribution < -0.4 is 4.90 Å². The first kappa shape index (κ1) is 21.5. The Hall–Kier alpha value is -3.72. The van der Waals surface area contributed by atoms with Gasteiger partial charge in [-0.2, -0.15) is 0 Å². The van der Waals surface area contributed by atoms with Gasteiger partial charge in [-0.25, -0.2) is 15.0 Å². The minimum Gasteiger partial charge on any atom is -0.483 e. The molecule has 1 saturated heterocycles. The maximum absolute atomic E-state index is 8.36. The van der Waals surface area contributed by atoms with E-state index in [-0.39, 0.29) is 6.47 Å². The zero-order valence-electron chi connectivity index (χ0n) is 17.7. The first-order valence-corrected chi connectivity index (χ1v) is 10.6. The summed E-state index contributed by atoms with van der Waals surface area (Å²) in [5.41, 5.74) is 2.09. The summed E-state index contributed by atoms with van der Waals surface area (Å²) in [5.74, 6) is 2.97. The number of imidazole rings is 2. The lowest BCUT2D eigenvalue weighted by atomic mass is 10.1. The van der Waals surface area contributed by atoms with Crippen LogP contribution in [0.4, 0.5) is 5.82 Å². The van der Waals surface area contributed by atoms with Gasteiger partial charge in [0, 0.05) is 56.2 Å². The van der Waals surface area contributed by atoms with Crippen LogP contribution >= 0.6 is 0 Å². The molecule has 1 aliphatic rings. The van der Waals surface area contributed by atoms with E-state index in [1.807, 2.05) is 18.5 Å². The predicted molar refractivity (Wildman–Crippen MR) is 122 cm³/mol. The second-order valence-corrected chi connectivity index (χ2v) is 7.34. The number of carboxylic acid groups (broad SMARTS) is 1. The standard InChI is InChI=1S/C22H24N6O.CH2O2/c1-2-5-19-17(4-1)16-18(22(26-19)28-12-14-29-15-13-28)21-25-9-11-27(21)10-3-6-20-23-7-8-24-20;2-1-3/h1-2,4-5,7-9,11,16H,3,6,10,12-15H2,(H,23,24);1H,(H,2,3). The molecule has 0 radical (unpaired) electrons. The summed E-state index contributed by atoms with van der Waals surface area (Å²) in [6, 6.07) is 10.5. The molecule has 1 fully saturated rings. The van der Waals surface area contributed by atoms with E-state index in [4.69, 9.17) is 24.6 Å². The molecule has 3 aromatic heterocycles. The molecule has 9 nitrogen and oxygen atoms in total. The number of morpholine rings is 1. The highest BCUT2D eigenvalue weighted by Crippen LogP contribution is 2.32. The molecule has 166 valence electrons. The lowest BCUT2D eigenvalue weighted by molar-refractivity contribution is -0.122. The Morgan fingerprint density at radius 2 is 1.97 bits per heavy atom. The summed E-state index contributed by atoms with van der Waals surface area (Å²) in [6.45, 7) is 3.78. The molecular formula is C23H26N6O3. The molecule has 0 bridgehead atoms. The smallest absolute Gasteiger partial charge is 0.290 e. The SMILES string of the molecule is O=CO.c1ccc2nc(N3CCOCC3)c(-c3nccn3CCCc3ncc[nH]3)cc2c1. The van der Waals surface area contributed by atoms with Crippen LogP contribution in [0.15, 0.2) is 55.1 Å². The minimum absolute atomic E-state index is 0.250. The molecule has 0 amide bonds. The number of aromatic nitrogens is 5. The summed E-state index contributed by atoms with van der Waals surface area (Å²) in [4.78, 5) is 27.9. The van der Waals surface area contributed by atoms with Gasteiger partial charge in [0.25, 0.3) is 6.47 Å². The van der Waals surface area contributed by atoms with Crippen LogP contribution in [-0.4, -0.2) is 62.4 Å². The van der Waals surface area contributed by atoms with Crippen LogP contribution in [0.3, 0.4) is 0 Å². The molecule has 5 rings (SSSR count). The molecule has 32 heavy (non-hydrogen) atoms. The van der Waals surface area contributed by atoms with Crippen molar-refractivity contribution >= 4 is 23.2 Å². The number of fused-ring (bicyclic) bond motifs is 1. The number of hydrogen-bond acceptors (Lipinski definition) is 6. The molecular weight excluding hydrogens is 408 g/mol. The van der Waals surface area contributed by atoms with Crippen LogP contribution in [0.5, 0.6) is 0 Å². The van der Waals surface area contributed by atoms with Gasteiger partial charge in [0.15, 0.2) is 0 Å². The van der Waals surface area contributed by atoms with Gasteiger partial charge in [-0.3, -0.25) is 4.79 Å². The van der Waals surface area contributed by atoms with E-state index >= 15 is 0 Å². The van der Waals surface area contributed by atoms with E-state index in [0.29, 0.717) is 0 Å². The highest BCUT2D eigenvalue weighted by Gasteiger charge is 2.20. The maximum Gasteiger partial charge on any atom is 0.290 e. The molecule has 0 spiro atoms. The van der Waals surface area contributed by atoms with Crippen LogP contribution in [0.1, 0.15) is 12.2 Å². The Bertz CT molecular complexity index is 1140. The fourth-order valence-electron chi connectivity index (χ4n) is 3.87. The van der Waals surface area contributed by atoms with Crippen molar-refractivity contribution < 1.29 is 14.6 Å². The van der Waals surface area contributed by atoms with Gasteiger partial charge in [0.1, 0.15) is 17.5 Å². The molecule has 1 aromatic carbocycles. The third-order valence-electron chi connectivity index (χ3n) is 5.34. The average Bonchev–Trinajstić information content (AvgIpc) is 3.52. The Morgan fingerprint density at radius 3 is 2.75 bits per heavy atom. The lowest BCUT2D eigenvalue weighted by Gasteiger charge is -2.29. The van der Waals surface area contributed by atoms with E-state index in [0.717, 1.165) is 79.6 Å². The van der Waals surface area contributed by atoms with Crippen molar-refractivity contribution in [1.29, 1.82) is 0 Å². The molecule has 4 heterocycles. The molecule has 1 aliphatic heterocycles. The number of aromatic amines is 1. The van der Waals surface area contributed by atoms with Gasteiger partial charge in [0.2, 0.25) is 0 Å². The quantitative estimate of drug-likeness (QED) is 0.449. The highest BCUT2D eigenvalue weighted by molar-refractivity contribution is 5.88. The summed E-state index contributed by atoms with van der Waals surface area (Å²) >= 11 is 0. The number of benzene rings is 1. The van der Waals surface area contributed by atoms with Crippen molar-refractivity contribution in [1.82, 2.24) is 24.5 Å². The lowest BCUT2D eigenvalue weighted by Crippen LogP contribution is -2.37. The molecule has 0 aliphatic carbocycles. The van der Waals surface area contributed by atoms with Crippen molar-refractivity contribution in [3.05, 3.63) is 60.9 Å². The monoisotopic (exact) mass is 434 g/mol. The van der Waals surface area contributed by atoms with E-state index < -0.39 is 0 Å². The summed E-state index contributed by atoms with van der Waals surface area (Å²) in [7, 11) is 0. The van der Waals surface area contributed by atoms with E-state index in [2.05, 4.69) is 49.9 Å². The van der Waals surface area contributed by atoms with Gasteiger partial charge in [0.05, 0.1) is 24.3 Å². The number of pyridine rings is 1. The van der Waals surface area contributed by atoms with E-state index in [1.165, 1.54) is 0 Å². The Kier molecular flexibility index (Phi) is 7.08. The molecule has 2 N–H and O–H groups in total. The van der Waals surface area contributed by atoms with Crippen molar-refractivity contribution in [3.63, 3.8) is 0 Å². The number of rotatable bonds is 6. The van der Waals surface area contributed by atoms with Gasteiger partial charge < -0.3 is 24.3 Å².